The number of halogens is 1. The van der Waals surface area contributed by atoms with Crippen molar-refractivity contribution in [3.05, 3.63) is 12.3 Å². The standard InChI is InChI=1S/C9H16FNO8/c1-3(11)4-6(12,13)8(16,17)5(2,10)9(18,19)7(4,14)15/h4,12-19H,1,11H2,2H3. The Morgan fingerprint density at radius 3 is 1.42 bits per heavy atom. The lowest BCUT2D eigenvalue weighted by Gasteiger charge is -2.60. The van der Waals surface area contributed by atoms with Crippen LogP contribution in [0.2, 0.25) is 0 Å². The van der Waals surface area contributed by atoms with Gasteiger partial charge in [-0.15, -0.1) is 0 Å². The summed E-state index contributed by atoms with van der Waals surface area (Å²) in [6.45, 7) is 3.04. The number of alkyl halides is 1. The molecular formula is C9H16FNO8. The van der Waals surface area contributed by atoms with Crippen molar-refractivity contribution in [3.63, 3.8) is 0 Å². The van der Waals surface area contributed by atoms with Crippen molar-refractivity contribution < 1.29 is 45.2 Å². The van der Waals surface area contributed by atoms with Gasteiger partial charge < -0.3 is 46.6 Å². The molecule has 0 atom stereocenters. The first kappa shape index (κ1) is 16.2. The number of nitrogens with two attached hydrogens (primary N) is 1. The Bertz CT molecular complexity index is 386. The zero-order valence-electron chi connectivity index (χ0n) is 9.82. The first-order valence-electron chi connectivity index (χ1n) is 4.99. The van der Waals surface area contributed by atoms with Crippen LogP contribution in [0.15, 0.2) is 12.3 Å². The summed E-state index contributed by atoms with van der Waals surface area (Å²) in [4.78, 5) is 0. The number of rotatable bonds is 1. The Labute approximate surface area is 106 Å². The van der Waals surface area contributed by atoms with Gasteiger partial charge in [-0.1, -0.05) is 6.58 Å². The fourth-order valence-corrected chi connectivity index (χ4v) is 2.13. The highest BCUT2D eigenvalue weighted by Crippen LogP contribution is 2.55. The van der Waals surface area contributed by atoms with E-state index in [4.69, 9.17) is 5.73 Å². The third kappa shape index (κ3) is 1.50. The molecule has 0 saturated heterocycles. The zero-order valence-corrected chi connectivity index (χ0v) is 9.82. The normalized spacial score (nSPS) is 38.7. The molecule has 0 spiro atoms. The first-order valence-corrected chi connectivity index (χ1v) is 4.99. The van der Waals surface area contributed by atoms with Crippen LogP contribution in [-0.4, -0.2) is 69.7 Å². The molecule has 19 heavy (non-hydrogen) atoms. The van der Waals surface area contributed by atoms with Crippen molar-refractivity contribution in [2.45, 2.75) is 35.7 Å². The minimum atomic E-state index is -4.20. The third-order valence-electron chi connectivity index (χ3n) is 3.51. The maximum atomic E-state index is 14.1. The molecule has 1 aliphatic carbocycles. The molecule has 9 nitrogen and oxygen atoms in total. The Hall–Kier alpha value is -0.850. The van der Waals surface area contributed by atoms with Crippen LogP contribution in [0.5, 0.6) is 0 Å². The summed E-state index contributed by atoms with van der Waals surface area (Å²) >= 11 is 0. The van der Waals surface area contributed by atoms with Crippen LogP contribution in [0.25, 0.3) is 0 Å². The second-order valence-corrected chi connectivity index (χ2v) is 4.81. The Balaban J connectivity index is 3.70. The van der Waals surface area contributed by atoms with E-state index in [-0.39, 0.29) is 6.92 Å². The average molecular weight is 285 g/mol. The molecule has 0 aromatic carbocycles. The lowest BCUT2D eigenvalue weighted by Crippen LogP contribution is -2.88. The molecular weight excluding hydrogens is 269 g/mol. The molecule has 112 valence electrons. The van der Waals surface area contributed by atoms with Crippen LogP contribution in [0.4, 0.5) is 4.39 Å². The van der Waals surface area contributed by atoms with Crippen LogP contribution in [0, 0.1) is 5.92 Å². The van der Waals surface area contributed by atoms with Gasteiger partial charge in [0.25, 0.3) is 11.6 Å². The van der Waals surface area contributed by atoms with Crippen LogP contribution in [0.1, 0.15) is 6.92 Å². The van der Waals surface area contributed by atoms with Gasteiger partial charge in [0.2, 0.25) is 17.2 Å². The predicted octanol–water partition coefficient (Wildman–Crippen LogP) is -4.46. The molecule has 0 aromatic rings. The van der Waals surface area contributed by atoms with E-state index in [0.717, 1.165) is 0 Å². The van der Waals surface area contributed by atoms with E-state index in [0.29, 0.717) is 0 Å². The van der Waals surface area contributed by atoms with E-state index in [1.807, 2.05) is 0 Å². The van der Waals surface area contributed by atoms with Gasteiger partial charge in [-0.2, -0.15) is 0 Å². The zero-order chi connectivity index (χ0) is 15.7. The van der Waals surface area contributed by atoms with Gasteiger partial charge in [0, 0.05) is 5.70 Å². The minimum absolute atomic E-state index is 0.116. The van der Waals surface area contributed by atoms with Gasteiger partial charge in [-0.25, -0.2) is 4.39 Å². The highest BCUT2D eigenvalue weighted by Gasteiger charge is 2.84. The molecule has 10 heteroatoms. The Morgan fingerprint density at radius 2 is 1.21 bits per heavy atom. The molecule has 0 aromatic heterocycles. The van der Waals surface area contributed by atoms with Crippen molar-refractivity contribution >= 4 is 0 Å². The Morgan fingerprint density at radius 1 is 0.947 bits per heavy atom. The van der Waals surface area contributed by atoms with E-state index < -0.39 is 40.4 Å². The maximum Gasteiger partial charge on any atom is 0.260 e. The van der Waals surface area contributed by atoms with Gasteiger partial charge in [0.1, 0.15) is 5.92 Å². The molecule has 1 fully saturated rings. The average Bonchev–Trinajstić information content (AvgIpc) is 2.12. The van der Waals surface area contributed by atoms with Crippen LogP contribution < -0.4 is 5.73 Å². The molecule has 1 rings (SSSR count). The van der Waals surface area contributed by atoms with Crippen molar-refractivity contribution in [2.24, 2.45) is 11.7 Å². The molecule has 0 unspecified atom stereocenters. The smallest absolute Gasteiger partial charge is 0.260 e. The highest BCUT2D eigenvalue weighted by atomic mass is 19.1. The van der Waals surface area contributed by atoms with E-state index >= 15 is 0 Å². The summed E-state index contributed by atoms with van der Waals surface area (Å²) in [5, 5.41) is 76.1. The number of hydrogen-bond acceptors (Lipinski definition) is 9. The second-order valence-electron chi connectivity index (χ2n) is 4.81. The summed E-state index contributed by atoms with van der Waals surface area (Å²) in [5.41, 5.74) is 0.0102. The topological polar surface area (TPSA) is 188 Å². The molecule has 1 saturated carbocycles. The van der Waals surface area contributed by atoms with Gasteiger partial charge in [0.05, 0.1) is 0 Å². The third-order valence-corrected chi connectivity index (χ3v) is 3.51. The summed E-state index contributed by atoms with van der Waals surface area (Å²) in [5.74, 6) is -19.0. The monoisotopic (exact) mass is 285 g/mol. The largest absolute Gasteiger partial charge is 0.402 e. The van der Waals surface area contributed by atoms with Crippen molar-refractivity contribution in [1.29, 1.82) is 0 Å². The molecule has 0 heterocycles. The lowest BCUT2D eigenvalue weighted by atomic mass is 9.63. The highest BCUT2D eigenvalue weighted by molar-refractivity contribution is 5.25. The molecule has 0 radical (unpaired) electrons. The Kier molecular flexibility index (Phi) is 3.09. The molecule has 1 aliphatic rings. The number of aliphatic hydroxyl groups is 8. The molecule has 0 aliphatic heterocycles. The lowest BCUT2D eigenvalue weighted by molar-refractivity contribution is -0.537. The number of hydrogen-bond donors (Lipinski definition) is 9. The summed E-state index contributed by atoms with van der Waals surface area (Å²) in [7, 11) is 0. The van der Waals surface area contributed by atoms with E-state index in [2.05, 4.69) is 6.58 Å². The molecule has 10 N–H and O–H groups in total. The maximum absolute atomic E-state index is 14.1. The molecule has 0 amide bonds. The van der Waals surface area contributed by atoms with Gasteiger partial charge in [0.15, 0.2) is 0 Å². The minimum Gasteiger partial charge on any atom is -0.402 e. The van der Waals surface area contributed by atoms with Gasteiger partial charge >= 0.3 is 0 Å². The van der Waals surface area contributed by atoms with Crippen molar-refractivity contribution in [2.75, 3.05) is 0 Å². The summed E-state index contributed by atoms with van der Waals surface area (Å²) in [6.07, 6.45) is 0. The summed E-state index contributed by atoms with van der Waals surface area (Å²) in [6, 6.07) is 0. The van der Waals surface area contributed by atoms with E-state index in [9.17, 15) is 45.2 Å². The first-order chi connectivity index (χ1) is 8.07. The SMILES string of the molecule is C=C(N)C1C(O)(O)C(O)(O)C(C)(F)C(O)(O)C1(O)O. The van der Waals surface area contributed by atoms with Gasteiger partial charge in [-0.3, -0.25) is 0 Å². The fraction of sp³-hybridized carbons (Fsp3) is 0.778. The van der Waals surface area contributed by atoms with Crippen LogP contribution in [0.3, 0.4) is 0 Å². The van der Waals surface area contributed by atoms with Crippen molar-refractivity contribution in [3.8, 4) is 0 Å². The molecule has 0 bridgehead atoms. The van der Waals surface area contributed by atoms with E-state index in [1.54, 1.807) is 0 Å². The quantitative estimate of drug-likeness (QED) is 0.214. The fourth-order valence-electron chi connectivity index (χ4n) is 2.13. The van der Waals surface area contributed by atoms with E-state index in [1.165, 1.54) is 0 Å². The van der Waals surface area contributed by atoms with Crippen LogP contribution >= 0.6 is 0 Å². The van der Waals surface area contributed by atoms with Gasteiger partial charge in [-0.05, 0) is 6.92 Å². The van der Waals surface area contributed by atoms with Crippen molar-refractivity contribution in [1.82, 2.24) is 0 Å². The van der Waals surface area contributed by atoms with Crippen LogP contribution in [-0.2, 0) is 0 Å². The predicted molar refractivity (Wildman–Crippen MR) is 55.0 cm³/mol. The second kappa shape index (κ2) is 3.62. The summed E-state index contributed by atoms with van der Waals surface area (Å²) < 4.78 is 14.1.